The van der Waals surface area contributed by atoms with E-state index in [-0.39, 0.29) is 59.1 Å². The van der Waals surface area contributed by atoms with Crippen LogP contribution in [0.4, 0.5) is 0 Å². The van der Waals surface area contributed by atoms with E-state index in [1.54, 1.807) is 0 Å². The summed E-state index contributed by atoms with van der Waals surface area (Å²) in [5, 5.41) is 49.2. The first-order valence-corrected chi connectivity index (χ1v) is 12.7. The van der Waals surface area contributed by atoms with Crippen LogP contribution in [0.3, 0.4) is 0 Å². The molecule has 0 amide bonds. The second kappa shape index (κ2) is 14.0. The number of aromatic nitrogens is 2. The molecule has 6 N–H and O–H groups in total. The van der Waals surface area contributed by atoms with Gasteiger partial charge in [0.1, 0.15) is 36.6 Å². The Labute approximate surface area is 251 Å². The Morgan fingerprint density at radius 3 is 2.19 bits per heavy atom. The van der Waals surface area contributed by atoms with Crippen LogP contribution in [-0.2, 0) is 32.0 Å². The Hall–Kier alpha value is 0.660. The van der Waals surface area contributed by atoms with Gasteiger partial charge in [-0.1, -0.05) is 0 Å². The van der Waals surface area contributed by atoms with Gasteiger partial charge in [-0.25, -0.2) is 9.11 Å². The molecule has 3 unspecified atom stereocenters. The van der Waals surface area contributed by atoms with Crippen LogP contribution in [0.1, 0.15) is 13.2 Å². The van der Waals surface area contributed by atoms with E-state index in [0.717, 1.165) is 12.3 Å². The van der Waals surface area contributed by atoms with Crippen molar-refractivity contribution in [1.29, 1.82) is 0 Å². The van der Waals surface area contributed by atoms with Crippen molar-refractivity contribution in [1.82, 2.24) is 9.55 Å². The SMILES string of the molecule is C[C@@H]1OC(OP(=O)([O-])OP(=O)([O-])OC[C@H]2O[C@@H](n3ccc(=O)[nH]c3=O)[C@H](O)[C@@H]2O)[C@@H](O)[C@H](O)[C@@H]1O.[Na+].[Na+]. The predicted octanol–water partition coefficient (Wildman–Crippen LogP) is -11.0. The average molecular weight is 594 g/mol. The molecule has 22 heteroatoms. The fraction of sp³-hybridized carbons (Fsp3) is 0.733. The van der Waals surface area contributed by atoms with Gasteiger partial charge in [0, 0.05) is 12.3 Å². The second-order valence-corrected chi connectivity index (χ2v) is 10.5. The molecule has 2 aliphatic heterocycles. The van der Waals surface area contributed by atoms with Crippen LogP contribution in [0.25, 0.3) is 0 Å². The minimum absolute atomic E-state index is 0. The van der Waals surface area contributed by atoms with E-state index in [0.29, 0.717) is 4.57 Å². The maximum atomic E-state index is 12.0. The number of phosphoric ester groups is 2. The zero-order chi connectivity index (χ0) is 26.3. The van der Waals surface area contributed by atoms with Crippen molar-refractivity contribution < 1.29 is 126 Å². The van der Waals surface area contributed by atoms with Crippen molar-refractivity contribution in [2.75, 3.05) is 6.61 Å². The van der Waals surface area contributed by atoms with Crippen molar-refractivity contribution >= 4 is 15.6 Å². The Bertz CT molecular complexity index is 1120. The summed E-state index contributed by atoms with van der Waals surface area (Å²) < 4.78 is 47.3. The van der Waals surface area contributed by atoms with Crippen molar-refractivity contribution in [2.24, 2.45) is 0 Å². The number of aliphatic hydroxyl groups excluding tert-OH is 5. The van der Waals surface area contributed by atoms with Crippen molar-refractivity contribution in [3.05, 3.63) is 33.1 Å². The van der Waals surface area contributed by atoms with E-state index in [2.05, 4.69) is 13.4 Å². The molecular formula is C15H22N2Na2O16P2. The number of aromatic amines is 1. The number of hydrogen-bond acceptors (Lipinski definition) is 16. The van der Waals surface area contributed by atoms with E-state index in [1.807, 2.05) is 4.98 Å². The molecule has 2 aliphatic rings. The number of H-pyrrole nitrogens is 1. The van der Waals surface area contributed by atoms with Crippen molar-refractivity contribution in [3.63, 3.8) is 0 Å². The first-order chi connectivity index (χ1) is 16.1. The van der Waals surface area contributed by atoms with Crippen molar-refractivity contribution in [2.45, 2.75) is 62.2 Å². The molecule has 0 radical (unpaired) electrons. The molecule has 0 aromatic carbocycles. The van der Waals surface area contributed by atoms with E-state index < -0.39 is 88.7 Å². The molecule has 0 bridgehead atoms. The zero-order valence-corrected chi connectivity index (χ0v) is 25.4. The van der Waals surface area contributed by atoms with Crippen LogP contribution in [0.15, 0.2) is 21.9 Å². The fourth-order valence-corrected chi connectivity index (χ4v) is 5.36. The Balaban J connectivity index is 0.00000342. The summed E-state index contributed by atoms with van der Waals surface area (Å²) in [5.41, 5.74) is -1.75. The average Bonchev–Trinajstić information content (AvgIpc) is 3.02. The quantitative estimate of drug-likeness (QED) is 0.120. The standard InChI is InChI=1S/C15H24N2O16P2.2Na/c1-5-8(19)10(21)12(23)14(30-5)32-35(27,28)33-34(25,26)29-4-6-9(20)11(22)13(31-6)17-3-2-7(18)16-15(17)24;;/h2-3,5-6,8-14,19-23H,4H2,1H3,(H,25,26)(H,27,28)(H,16,18,24);;/q;2*+1/p-2/t5-,6+,8+,9+,10+,11+,12-,13+,14?;;/m0../s1. The van der Waals surface area contributed by atoms with Gasteiger partial charge in [0.25, 0.3) is 21.2 Å². The summed E-state index contributed by atoms with van der Waals surface area (Å²) in [6.07, 6.45) is -14.7. The van der Waals surface area contributed by atoms with Gasteiger partial charge >= 0.3 is 64.8 Å². The molecular weight excluding hydrogens is 572 g/mol. The zero-order valence-electron chi connectivity index (χ0n) is 19.6. The third-order valence-electron chi connectivity index (χ3n) is 5.10. The monoisotopic (exact) mass is 594 g/mol. The number of aliphatic hydroxyl groups is 5. The maximum absolute atomic E-state index is 12.0. The third-order valence-corrected chi connectivity index (χ3v) is 7.63. The van der Waals surface area contributed by atoms with Gasteiger partial charge < -0.3 is 49.3 Å². The largest absolute Gasteiger partial charge is 1.00 e. The predicted molar refractivity (Wildman–Crippen MR) is 103 cm³/mol. The molecule has 3 rings (SSSR count). The number of ether oxygens (including phenoxy) is 2. The van der Waals surface area contributed by atoms with Gasteiger partial charge in [0.05, 0.1) is 12.7 Å². The molecule has 37 heavy (non-hydrogen) atoms. The maximum Gasteiger partial charge on any atom is 1.00 e. The van der Waals surface area contributed by atoms with Gasteiger partial charge in [-0.15, -0.1) is 0 Å². The number of nitrogens with zero attached hydrogens (tertiary/aromatic N) is 1. The van der Waals surface area contributed by atoms with Gasteiger partial charge in [0.2, 0.25) is 0 Å². The fourth-order valence-electron chi connectivity index (χ4n) is 3.28. The Kier molecular flexibility index (Phi) is 13.5. The molecule has 0 spiro atoms. The second-order valence-electron chi connectivity index (χ2n) is 7.62. The minimum atomic E-state index is -5.81. The summed E-state index contributed by atoms with van der Waals surface area (Å²) in [7, 11) is -11.6. The Morgan fingerprint density at radius 2 is 1.59 bits per heavy atom. The molecule has 2 saturated heterocycles. The number of phosphoric acid groups is 2. The summed E-state index contributed by atoms with van der Waals surface area (Å²) in [4.78, 5) is 48.9. The molecule has 0 saturated carbocycles. The van der Waals surface area contributed by atoms with E-state index in [1.165, 1.54) is 6.92 Å². The minimum Gasteiger partial charge on any atom is -0.756 e. The van der Waals surface area contributed by atoms with Gasteiger partial charge in [-0.3, -0.25) is 28.0 Å². The number of rotatable bonds is 8. The van der Waals surface area contributed by atoms with Crippen LogP contribution >= 0.6 is 15.6 Å². The van der Waals surface area contributed by atoms with Crippen LogP contribution < -0.4 is 80.2 Å². The number of nitrogens with one attached hydrogen (secondary N) is 1. The molecule has 1 aromatic heterocycles. The first kappa shape index (κ1) is 35.7. The summed E-state index contributed by atoms with van der Waals surface area (Å²) in [5.74, 6) is 0. The van der Waals surface area contributed by atoms with Gasteiger partial charge in [-0.05, 0) is 6.92 Å². The molecule has 2 fully saturated rings. The van der Waals surface area contributed by atoms with Gasteiger partial charge in [-0.2, -0.15) is 0 Å². The van der Waals surface area contributed by atoms with E-state index in [4.69, 9.17) is 9.47 Å². The molecule has 3 heterocycles. The van der Waals surface area contributed by atoms with E-state index >= 15 is 0 Å². The molecule has 200 valence electrons. The van der Waals surface area contributed by atoms with E-state index in [9.17, 15) is 54.0 Å². The smallest absolute Gasteiger partial charge is 0.756 e. The molecule has 18 nitrogen and oxygen atoms in total. The molecule has 11 atom stereocenters. The van der Waals surface area contributed by atoms with Crippen molar-refractivity contribution in [3.8, 4) is 0 Å². The summed E-state index contributed by atoms with van der Waals surface area (Å²) in [6.45, 7) is 0.127. The summed E-state index contributed by atoms with van der Waals surface area (Å²) >= 11 is 0. The Morgan fingerprint density at radius 1 is 0.973 bits per heavy atom. The normalized spacial score (nSPS) is 37.0. The molecule has 1 aromatic rings. The van der Waals surface area contributed by atoms with Crippen LogP contribution in [0.2, 0.25) is 0 Å². The van der Waals surface area contributed by atoms with Crippen LogP contribution in [0, 0.1) is 0 Å². The molecule has 0 aliphatic carbocycles. The van der Waals surface area contributed by atoms with Crippen LogP contribution in [-0.4, -0.2) is 90.7 Å². The first-order valence-electron chi connectivity index (χ1n) is 9.81. The van der Waals surface area contributed by atoms with Crippen LogP contribution in [0.5, 0.6) is 0 Å². The number of hydrogen-bond donors (Lipinski definition) is 6. The summed E-state index contributed by atoms with van der Waals surface area (Å²) in [6, 6.07) is 0.923. The third kappa shape index (κ3) is 8.82. The topological polar surface area (TPSA) is 282 Å². The van der Waals surface area contributed by atoms with Gasteiger partial charge in [0.15, 0.2) is 12.5 Å².